The van der Waals surface area contributed by atoms with Crippen LogP contribution in [0.1, 0.15) is 353 Å². The van der Waals surface area contributed by atoms with E-state index in [1.54, 1.807) is 11.1 Å². The first-order chi connectivity index (χ1) is 56.9. The van der Waals surface area contributed by atoms with E-state index in [0.29, 0.717) is 6.67 Å². The van der Waals surface area contributed by atoms with Gasteiger partial charge in [0.2, 0.25) is 0 Å². The summed E-state index contributed by atoms with van der Waals surface area (Å²) in [5.74, 6) is 0. The molecular weight excluding hydrogens is 1430 g/mol. The fraction of sp³-hybridized carbons (Fsp3) is 0.459. The van der Waals surface area contributed by atoms with Crippen LogP contribution in [0.2, 0.25) is 0 Å². The molecule has 115 heavy (non-hydrogen) atoms. The number of thiophene rings is 2. The zero-order valence-electron chi connectivity index (χ0n) is 71.3. The van der Waals surface area contributed by atoms with Crippen molar-refractivity contribution in [2.45, 2.75) is 321 Å². The van der Waals surface area contributed by atoms with Crippen LogP contribution in [0, 0.1) is 0 Å². The van der Waals surface area contributed by atoms with E-state index in [4.69, 9.17) is 9.98 Å². The first-order valence-electron chi connectivity index (χ1n) is 46.8. The minimum atomic E-state index is -0.168. The maximum absolute atomic E-state index is 5.21. The van der Waals surface area contributed by atoms with E-state index in [1.165, 1.54) is 380 Å². The molecule has 2 aromatic heterocycles. The number of nitrogens with zero attached hydrogens (tertiary/aromatic N) is 2. The van der Waals surface area contributed by atoms with Gasteiger partial charge in [0.1, 0.15) is 6.67 Å². The number of rotatable bonds is 53. The predicted octanol–water partition coefficient (Wildman–Crippen LogP) is 34.5. The van der Waals surface area contributed by atoms with Gasteiger partial charge < -0.3 is 0 Å². The molecule has 0 radical (unpaired) electrons. The lowest BCUT2D eigenvalue weighted by molar-refractivity contribution is 0.397. The summed E-state index contributed by atoms with van der Waals surface area (Å²) in [5, 5.41) is 6.54. The standard InChI is InChI=1S/C111H138N2S2/c1-5-9-13-17-21-25-29-33-37-47-73-110(74-48-38-34-30-26-22-18-14-10-6-2)104-81-88(86-53-43-41-44-54-86)61-67-98(104)100-69-63-92(83-106(100)110)102-79-90(60-66-95-58-52-78-115-95)103(80-89(102)59-65-94-57-51-77-114-94)93-64-70-101-99-68-62-91(97-72-71-96(87-55-45-42-46-56-87)108-109(97)113-85-112-108)82-105(99)111(107(101)84-93,75-49-39-35-31-27-23-19-15-11-7-3)76-50-40-36-32-28-24-20-16-12-8-4/h41-46,51-72,77-84H,5-40,47-50,73-76,85H2,1-4H3/b65-59+,66-60+. The molecule has 10 aromatic rings. The molecule has 0 N–H and O–H groups in total. The minimum absolute atomic E-state index is 0.101. The summed E-state index contributed by atoms with van der Waals surface area (Å²) < 4.78 is 0. The Labute approximate surface area is 704 Å². The van der Waals surface area contributed by atoms with Crippen LogP contribution < -0.4 is 10.7 Å². The zero-order chi connectivity index (χ0) is 79.0. The quantitative estimate of drug-likeness (QED) is 0.0340. The third-order valence-corrected chi connectivity index (χ3v) is 28.1. The highest BCUT2D eigenvalue weighted by Crippen LogP contribution is 2.58. The molecule has 8 aromatic carbocycles. The molecule has 4 heteroatoms. The molecule has 0 saturated carbocycles. The van der Waals surface area contributed by atoms with Gasteiger partial charge in [-0.3, -0.25) is 9.98 Å². The van der Waals surface area contributed by atoms with Crippen LogP contribution >= 0.6 is 22.7 Å². The number of unbranched alkanes of at least 4 members (excludes halogenated alkanes) is 36. The topological polar surface area (TPSA) is 24.7 Å². The molecule has 3 aliphatic rings. The van der Waals surface area contributed by atoms with E-state index in [0.717, 1.165) is 23.6 Å². The van der Waals surface area contributed by atoms with Gasteiger partial charge in [0.25, 0.3) is 0 Å². The van der Waals surface area contributed by atoms with Crippen LogP contribution in [0.15, 0.2) is 203 Å². The minimum Gasteiger partial charge on any atom is -0.259 e. The second-order valence-corrected chi connectivity index (χ2v) is 36.7. The molecule has 0 saturated heterocycles. The highest BCUT2D eigenvalue weighted by atomic mass is 32.1. The summed E-state index contributed by atoms with van der Waals surface area (Å²) in [6.07, 6.45) is 68.0. The van der Waals surface area contributed by atoms with Gasteiger partial charge in [-0.05, 0) is 197 Å². The van der Waals surface area contributed by atoms with Gasteiger partial charge in [-0.2, -0.15) is 0 Å². The molecule has 2 aliphatic carbocycles. The van der Waals surface area contributed by atoms with Crippen LogP contribution in [0.5, 0.6) is 0 Å². The number of fused-ring (bicyclic) bond motifs is 7. The summed E-state index contributed by atoms with van der Waals surface area (Å²) in [5.41, 5.74) is 26.9. The molecule has 0 bridgehead atoms. The third-order valence-electron chi connectivity index (χ3n) is 26.4. The molecular formula is C111H138N2S2. The van der Waals surface area contributed by atoms with Crippen molar-refractivity contribution in [1.82, 2.24) is 0 Å². The number of hydrogen-bond acceptors (Lipinski definition) is 4. The first kappa shape index (κ1) is 85.1. The zero-order valence-corrected chi connectivity index (χ0v) is 72.9. The van der Waals surface area contributed by atoms with Gasteiger partial charge in [0.05, 0.1) is 10.7 Å². The summed E-state index contributed by atoms with van der Waals surface area (Å²) in [6.45, 7) is 9.82. The Bertz CT molecular complexity index is 4730. The van der Waals surface area contributed by atoms with Crippen LogP contribution in [0.4, 0.5) is 0 Å². The normalized spacial score (nSPS) is 13.5. The second kappa shape index (κ2) is 45.3. The largest absolute Gasteiger partial charge is 0.259 e. The van der Waals surface area contributed by atoms with Crippen molar-refractivity contribution in [1.29, 1.82) is 0 Å². The van der Waals surface area contributed by atoms with Crippen molar-refractivity contribution in [2.75, 3.05) is 6.67 Å². The Hall–Kier alpha value is -7.76. The highest BCUT2D eigenvalue weighted by Gasteiger charge is 2.45. The van der Waals surface area contributed by atoms with Crippen molar-refractivity contribution >= 4 is 47.0 Å². The van der Waals surface area contributed by atoms with Crippen LogP contribution in [-0.4, -0.2) is 6.67 Å². The molecule has 3 heterocycles. The lowest BCUT2D eigenvalue weighted by Crippen LogP contribution is -2.27. The Morgan fingerprint density at radius 1 is 0.243 bits per heavy atom. The van der Waals surface area contributed by atoms with E-state index in [-0.39, 0.29) is 10.8 Å². The summed E-state index contributed by atoms with van der Waals surface area (Å²) in [7, 11) is 0. The molecule has 1 aliphatic heterocycles. The summed E-state index contributed by atoms with van der Waals surface area (Å²) in [6, 6.07) is 71.9. The van der Waals surface area contributed by atoms with Crippen molar-refractivity contribution < 1.29 is 0 Å². The summed E-state index contributed by atoms with van der Waals surface area (Å²) >= 11 is 3.66. The van der Waals surface area contributed by atoms with Crippen molar-refractivity contribution in [3.63, 3.8) is 0 Å². The molecule has 0 spiro atoms. The van der Waals surface area contributed by atoms with E-state index >= 15 is 0 Å². The monoisotopic (exact) mass is 1560 g/mol. The third kappa shape index (κ3) is 22.4. The Balaban J connectivity index is 0.926. The maximum atomic E-state index is 5.21. The Kier molecular flexibility index (Phi) is 33.5. The fourth-order valence-corrected chi connectivity index (χ4v) is 21.2. The molecule has 0 atom stereocenters. The fourth-order valence-electron chi connectivity index (χ4n) is 20.0. The van der Waals surface area contributed by atoms with E-state index in [9.17, 15) is 0 Å². The van der Waals surface area contributed by atoms with Crippen LogP contribution in [-0.2, 0) is 10.8 Å². The van der Waals surface area contributed by atoms with Gasteiger partial charge in [0, 0.05) is 31.7 Å². The molecule has 2 nitrogen and oxygen atoms in total. The van der Waals surface area contributed by atoms with E-state index in [1.807, 2.05) is 22.7 Å². The smallest absolute Gasteiger partial charge is 0.130 e. The Morgan fingerprint density at radius 2 is 0.522 bits per heavy atom. The lowest BCUT2D eigenvalue weighted by atomic mass is 9.69. The van der Waals surface area contributed by atoms with Crippen LogP contribution in [0.3, 0.4) is 0 Å². The number of hydrogen-bond donors (Lipinski definition) is 0. The molecule has 0 unspecified atom stereocenters. The Morgan fingerprint density at radius 3 is 0.843 bits per heavy atom. The molecule has 604 valence electrons. The van der Waals surface area contributed by atoms with Gasteiger partial charge in [0.15, 0.2) is 0 Å². The van der Waals surface area contributed by atoms with E-state index in [2.05, 4.69) is 245 Å². The molecule has 0 fully saturated rings. The average Bonchev–Trinajstić information content (AvgIpc) is 1.63. The van der Waals surface area contributed by atoms with E-state index < -0.39 is 0 Å². The highest BCUT2D eigenvalue weighted by molar-refractivity contribution is 7.11. The van der Waals surface area contributed by atoms with Gasteiger partial charge in [-0.25, -0.2) is 0 Å². The number of benzene rings is 8. The molecule has 0 amide bonds. The maximum Gasteiger partial charge on any atom is 0.130 e. The second-order valence-electron chi connectivity index (χ2n) is 34.7. The molecule has 13 rings (SSSR count). The van der Waals surface area contributed by atoms with Crippen molar-refractivity contribution in [2.24, 2.45) is 9.98 Å². The SMILES string of the molecule is CCCCCCCCCCCCC1(CCCCCCCCCCCC)c2cc(-c3ccccc3)ccc2-c2ccc(-c3cc(/C=C/c4cccs4)c(-c4ccc5c(c4)C(CCCCCCCCCCCC)(CCCCCCCCCCCC)c4cc(-c6ccc(-c7ccccc7)c7c6=NCN=7)ccc4-5)cc3/C=C/c3cccs3)cc21. The van der Waals surface area contributed by atoms with Gasteiger partial charge >= 0.3 is 0 Å². The van der Waals surface area contributed by atoms with Crippen LogP contribution in [0.25, 0.3) is 102 Å². The average molecular weight is 1560 g/mol. The predicted molar refractivity (Wildman–Crippen MR) is 506 cm³/mol. The lowest BCUT2D eigenvalue weighted by Gasteiger charge is -2.34. The van der Waals surface area contributed by atoms with Crippen molar-refractivity contribution in [3.05, 3.63) is 247 Å². The van der Waals surface area contributed by atoms with Gasteiger partial charge in [-0.15, -0.1) is 22.7 Å². The summed E-state index contributed by atoms with van der Waals surface area (Å²) in [4.78, 5) is 12.9. The van der Waals surface area contributed by atoms with Gasteiger partial charge in [-0.1, -0.05) is 430 Å². The first-order valence-corrected chi connectivity index (χ1v) is 48.5. The van der Waals surface area contributed by atoms with Crippen molar-refractivity contribution in [3.8, 4) is 77.9 Å².